The van der Waals surface area contributed by atoms with E-state index in [0.29, 0.717) is 12.2 Å². The summed E-state index contributed by atoms with van der Waals surface area (Å²) >= 11 is 1.13. The monoisotopic (exact) mass is 552 g/mol. The molecule has 1 aromatic carbocycles. The first-order valence-electron chi connectivity index (χ1n) is 12.2. The first kappa shape index (κ1) is 30.6. The quantitative estimate of drug-likeness (QED) is 0.106. The highest BCUT2D eigenvalue weighted by atomic mass is 32.2. The third-order valence-corrected chi connectivity index (χ3v) is 7.84. The number of ether oxygens (including phenoxy) is 1. The number of amides is 2. The van der Waals surface area contributed by atoms with E-state index in [9.17, 15) is 29.3 Å². The lowest BCUT2D eigenvalue weighted by Crippen LogP contribution is -2.68. The second-order valence-electron chi connectivity index (χ2n) is 10.7. The summed E-state index contributed by atoms with van der Waals surface area (Å²) in [7, 11) is -1.39. The Balaban J connectivity index is 2.21. The number of thioether (sulfide) groups is 1. The van der Waals surface area contributed by atoms with Crippen molar-refractivity contribution in [2.45, 2.75) is 72.0 Å². The molecule has 0 bridgehead atoms. The third-order valence-electron chi connectivity index (χ3n) is 6.08. The minimum absolute atomic E-state index is 0.0335. The van der Waals surface area contributed by atoms with Crippen molar-refractivity contribution in [1.29, 1.82) is 0 Å². The van der Waals surface area contributed by atoms with Gasteiger partial charge in [-0.05, 0) is 42.1 Å². The van der Waals surface area contributed by atoms with Crippen LogP contribution in [0.5, 0.6) is 0 Å². The molecule has 1 saturated heterocycles. The van der Waals surface area contributed by atoms with Gasteiger partial charge in [-0.2, -0.15) is 0 Å². The smallest absolute Gasteiger partial charge is 0.397 e. The summed E-state index contributed by atoms with van der Waals surface area (Å²) in [6, 6.07) is 4.58. The van der Waals surface area contributed by atoms with Gasteiger partial charge >= 0.3 is 11.9 Å². The Hall–Kier alpha value is -2.57. The Morgan fingerprint density at radius 1 is 1.16 bits per heavy atom. The molecule has 10 nitrogen and oxygen atoms in total. The van der Waals surface area contributed by atoms with Gasteiger partial charge in [-0.1, -0.05) is 46.4 Å². The predicted molar refractivity (Wildman–Crippen MR) is 142 cm³/mol. The van der Waals surface area contributed by atoms with Crippen molar-refractivity contribution < 1.29 is 33.3 Å². The van der Waals surface area contributed by atoms with Crippen LogP contribution in [0.25, 0.3) is 0 Å². The summed E-state index contributed by atoms with van der Waals surface area (Å²) in [6.07, 6.45) is -0.0632. The summed E-state index contributed by atoms with van der Waals surface area (Å²) in [5.74, 6) is -3.76. The van der Waals surface area contributed by atoms with Crippen LogP contribution in [0.15, 0.2) is 24.3 Å². The molecule has 0 radical (unpaired) electrons. The zero-order valence-corrected chi connectivity index (χ0v) is 24.4. The van der Waals surface area contributed by atoms with E-state index in [1.165, 1.54) is 24.3 Å². The number of hydrogen-bond acceptors (Lipinski definition) is 9. The number of esters is 1. The highest BCUT2D eigenvalue weighted by Crippen LogP contribution is 2.44. The van der Waals surface area contributed by atoms with Crippen molar-refractivity contribution in [2.24, 2.45) is 17.3 Å². The molecule has 2 amide bonds. The molecule has 1 heterocycles. The fourth-order valence-electron chi connectivity index (χ4n) is 4.17. The number of nitrogens with zero attached hydrogens (tertiary/aromatic N) is 2. The summed E-state index contributed by atoms with van der Waals surface area (Å²) < 4.78 is 11.1. The van der Waals surface area contributed by atoms with Gasteiger partial charge in [0.05, 0.1) is 16.9 Å². The summed E-state index contributed by atoms with van der Waals surface area (Å²) in [5, 5.41) is 10.7. The van der Waals surface area contributed by atoms with Crippen molar-refractivity contribution >= 4 is 49.4 Å². The molecule has 0 aromatic heterocycles. The van der Waals surface area contributed by atoms with E-state index >= 15 is 0 Å². The van der Waals surface area contributed by atoms with E-state index in [1.807, 2.05) is 47.7 Å². The van der Waals surface area contributed by atoms with Gasteiger partial charge in [0.15, 0.2) is 14.2 Å². The number of β-lactam (4-membered cyclic amide) rings is 1. The van der Waals surface area contributed by atoms with E-state index in [0.717, 1.165) is 16.7 Å². The van der Waals surface area contributed by atoms with Gasteiger partial charge in [0, 0.05) is 30.4 Å². The molecule has 0 saturated carbocycles. The summed E-state index contributed by atoms with van der Waals surface area (Å²) in [5.41, 5.74) is -0.0168. The first-order valence-corrected chi connectivity index (χ1v) is 15.9. The van der Waals surface area contributed by atoms with Crippen molar-refractivity contribution in [3.8, 4) is 0 Å². The Morgan fingerprint density at radius 3 is 2.24 bits per heavy atom. The van der Waals surface area contributed by atoms with Gasteiger partial charge in [0.1, 0.15) is 6.61 Å². The maximum absolute atomic E-state index is 13.3. The minimum atomic E-state index is -1.39. The van der Waals surface area contributed by atoms with Crippen LogP contribution in [0.2, 0.25) is 13.1 Å². The molecule has 0 unspecified atom stereocenters. The lowest BCUT2D eigenvalue weighted by molar-refractivity contribution is -0.384. The Bertz CT molecular complexity index is 1020. The molecule has 1 aromatic rings. The number of rotatable bonds is 10. The molecular formula is C25H36N2O8SSi. The fraction of sp³-hybridized carbons (Fsp3) is 0.600. The van der Waals surface area contributed by atoms with Crippen LogP contribution < -0.4 is 0 Å². The van der Waals surface area contributed by atoms with E-state index in [2.05, 4.69) is 0 Å². The number of hydrogen-bond donors (Lipinski definition) is 0. The second-order valence-corrected chi connectivity index (χ2v) is 14.8. The normalized spacial score (nSPS) is 18.5. The summed E-state index contributed by atoms with van der Waals surface area (Å²) in [4.78, 5) is 62.7. The van der Waals surface area contributed by atoms with Crippen LogP contribution >= 0.6 is 11.8 Å². The topological polar surface area (TPSA) is 133 Å². The largest absolute Gasteiger partial charge is 0.454 e. The van der Waals surface area contributed by atoms with E-state index in [4.69, 9.17) is 9.16 Å². The molecule has 1 aliphatic rings. The predicted octanol–water partition coefficient (Wildman–Crippen LogP) is 3.71. The van der Waals surface area contributed by atoms with Crippen molar-refractivity contribution in [2.75, 3.05) is 6.61 Å². The van der Waals surface area contributed by atoms with Crippen LogP contribution in [-0.4, -0.2) is 59.7 Å². The second kappa shape index (κ2) is 12.8. The lowest BCUT2D eigenvalue weighted by Gasteiger charge is -2.51. The lowest BCUT2D eigenvalue weighted by atomic mass is 9.66. The highest BCUT2D eigenvalue weighted by molar-refractivity contribution is 8.14. The third kappa shape index (κ3) is 8.21. The number of non-ortho nitro benzene ring substituents is 1. The van der Waals surface area contributed by atoms with Gasteiger partial charge in [0.25, 0.3) is 5.69 Å². The Morgan fingerprint density at radius 2 is 1.76 bits per heavy atom. The van der Waals surface area contributed by atoms with Crippen LogP contribution in [-0.2, 0) is 34.9 Å². The number of nitro groups is 1. The fourth-order valence-corrected chi connectivity index (χ4v) is 5.55. The molecule has 0 spiro atoms. The Labute approximate surface area is 223 Å². The Kier molecular flexibility index (Phi) is 10.6. The first-order chi connectivity index (χ1) is 17.1. The molecular weight excluding hydrogens is 516 g/mol. The van der Waals surface area contributed by atoms with Crippen molar-refractivity contribution in [3.05, 3.63) is 39.9 Å². The average Bonchev–Trinajstić information content (AvgIpc) is 2.78. The molecule has 0 N–H and O–H groups in total. The molecule has 0 aliphatic carbocycles. The molecule has 37 heavy (non-hydrogen) atoms. The summed E-state index contributed by atoms with van der Waals surface area (Å²) in [6.45, 7) is 13.8. The maximum Gasteiger partial charge on any atom is 0.397 e. The van der Waals surface area contributed by atoms with Crippen LogP contribution in [0.3, 0.4) is 0 Å². The minimum Gasteiger partial charge on any atom is -0.454 e. The van der Waals surface area contributed by atoms with Gasteiger partial charge in [-0.3, -0.25) is 29.4 Å². The molecule has 3 atom stereocenters. The molecule has 1 aliphatic heterocycles. The number of benzene rings is 1. The van der Waals surface area contributed by atoms with E-state index < -0.39 is 43.7 Å². The number of imide groups is 1. The zero-order chi connectivity index (χ0) is 28.1. The number of carbonyl (C=O) groups excluding carboxylic acids is 4. The van der Waals surface area contributed by atoms with Crippen LogP contribution in [0.1, 0.15) is 46.6 Å². The highest BCUT2D eigenvalue weighted by Gasteiger charge is 2.57. The standard InChI is InChI=1S/C25H36N2O8SSi/c1-15(2)36-20(28)12-19-21(18(25(3,4)5)14-35-37(6)7)22(29)26(19)23(30)24(31)34-13-16-8-10-17(11-9-16)27(32)33/h8-11,15,18-19,21,37H,12-14H2,1-7H3/t18-,19-,21+/m1/s1. The van der Waals surface area contributed by atoms with Gasteiger partial charge < -0.3 is 9.16 Å². The maximum atomic E-state index is 13.3. The number of nitro benzene ring substituents is 1. The average molecular weight is 553 g/mol. The molecule has 2 rings (SSSR count). The van der Waals surface area contributed by atoms with Crippen molar-refractivity contribution in [1.82, 2.24) is 4.90 Å². The van der Waals surface area contributed by atoms with E-state index in [-0.39, 0.29) is 40.4 Å². The SMILES string of the molecule is CC(C)SC(=O)C[C@@H]1[C@H]([C@@H](CO[SiH](C)C)C(C)(C)C)C(=O)N1C(=O)C(=O)OCc1ccc([N+](=O)[O-])cc1. The van der Waals surface area contributed by atoms with E-state index in [1.54, 1.807) is 0 Å². The van der Waals surface area contributed by atoms with Crippen LogP contribution in [0, 0.1) is 27.4 Å². The van der Waals surface area contributed by atoms with Crippen molar-refractivity contribution in [3.63, 3.8) is 0 Å². The molecule has 12 heteroatoms. The zero-order valence-electron chi connectivity index (χ0n) is 22.4. The molecule has 1 fully saturated rings. The number of carbonyl (C=O) groups is 4. The van der Waals surface area contributed by atoms with Gasteiger partial charge in [0.2, 0.25) is 5.91 Å². The number of likely N-dealkylation sites (tertiary alicyclic amines) is 1. The van der Waals surface area contributed by atoms with Gasteiger partial charge in [-0.25, -0.2) is 4.79 Å². The van der Waals surface area contributed by atoms with Crippen LogP contribution in [0.4, 0.5) is 5.69 Å². The molecule has 204 valence electrons. The van der Waals surface area contributed by atoms with Gasteiger partial charge in [-0.15, -0.1) is 0 Å².